The van der Waals surface area contributed by atoms with Gasteiger partial charge in [-0.25, -0.2) is 0 Å². The Morgan fingerprint density at radius 1 is 1.53 bits per heavy atom. The van der Waals surface area contributed by atoms with Crippen LogP contribution in [0.3, 0.4) is 0 Å². The van der Waals surface area contributed by atoms with Crippen molar-refractivity contribution >= 4 is 11.8 Å². The number of nitrogens with one attached hydrogen (secondary N) is 1. The second-order valence-corrected chi connectivity index (χ2v) is 5.54. The van der Waals surface area contributed by atoms with Gasteiger partial charge >= 0.3 is 0 Å². The van der Waals surface area contributed by atoms with Crippen molar-refractivity contribution in [1.82, 2.24) is 10.2 Å². The van der Waals surface area contributed by atoms with E-state index in [4.69, 9.17) is 5.73 Å². The number of carbonyl (C=O) groups is 2. The van der Waals surface area contributed by atoms with E-state index in [0.29, 0.717) is 13.1 Å². The molecule has 5 heteroatoms. The van der Waals surface area contributed by atoms with Crippen molar-refractivity contribution in [2.24, 2.45) is 17.1 Å². The number of amides is 2. The number of hydrogen-bond acceptors (Lipinski definition) is 3. The molecule has 2 amide bonds. The summed E-state index contributed by atoms with van der Waals surface area (Å²) in [6, 6.07) is 0.0766. The van der Waals surface area contributed by atoms with E-state index in [-0.39, 0.29) is 29.2 Å². The van der Waals surface area contributed by atoms with E-state index in [2.05, 4.69) is 5.32 Å². The fourth-order valence-corrected chi connectivity index (χ4v) is 3.16. The minimum atomic E-state index is -0.284. The minimum absolute atomic E-state index is 0.0151. The maximum atomic E-state index is 12.5. The highest BCUT2D eigenvalue weighted by molar-refractivity contribution is 5.88. The topological polar surface area (TPSA) is 75.4 Å². The molecule has 5 nitrogen and oxygen atoms in total. The Hall–Kier alpha value is -1.10. The Morgan fingerprint density at radius 2 is 2.29 bits per heavy atom. The van der Waals surface area contributed by atoms with Gasteiger partial charge < -0.3 is 16.0 Å². The molecule has 2 aliphatic heterocycles. The molecule has 94 valence electrons. The number of likely N-dealkylation sites (tertiary alicyclic amines) is 1. The average Bonchev–Trinajstić information content (AvgIpc) is 3.08. The van der Waals surface area contributed by atoms with Gasteiger partial charge in [0.1, 0.15) is 0 Å². The van der Waals surface area contributed by atoms with E-state index in [1.165, 1.54) is 0 Å². The van der Waals surface area contributed by atoms with Crippen molar-refractivity contribution < 1.29 is 9.59 Å². The molecule has 2 heterocycles. The molecule has 0 aromatic carbocycles. The van der Waals surface area contributed by atoms with Gasteiger partial charge in [-0.2, -0.15) is 0 Å². The van der Waals surface area contributed by atoms with Gasteiger partial charge in [0.05, 0.1) is 17.4 Å². The largest absolute Gasteiger partial charge is 0.354 e. The molecule has 2 saturated heterocycles. The van der Waals surface area contributed by atoms with Crippen LogP contribution in [0.5, 0.6) is 0 Å². The van der Waals surface area contributed by atoms with E-state index >= 15 is 0 Å². The van der Waals surface area contributed by atoms with E-state index in [9.17, 15) is 9.59 Å². The van der Waals surface area contributed by atoms with Crippen LogP contribution in [0.15, 0.2) is 0 Å². The number of nitrogens with zero attached hydrogens (tertiary/aromatic N) is 1. The molecule has 3 N–H and O–H groups in total. The van der Waals surface area contributed by atoms with Crippen LogP contribution in [0, 0.1) is 11.3 Å². The molecule has 0 bridgehead atoms. The maximum Gasteiger partial charge on any atom is 0.230 e. The van der Waals surface area contributed by atoms with Crippen LogP contribution in [0.25, 0.3) is 0 Å². The Morgan fingerprint density at radius 3 is 2.94 bits per heavy atom. The third kappa shape index (κ3) is 1.56. The zero-order valence-corrected chi connectivity index (χ0v) is 9.95. The highest BCUT2D eigenvalue weighted by atomic mass is 16.2. The first-order valence-electron chi connectivity index (χ1n) is 6.47. The highest BCUT2D eigenvalue weighted by Gasteiger charge is 2.54. The van der Waals surface area contributed by atoms with Gasteiger partial charge in [-0.05, 0) is 25.7 Å². The second-order valence-electron chi connectivity index (χ2n) is 5.54. The molecule has 0 spiro atoms. The number of hydrogen-bond donors (Lipinski definition) is 2. The number of piperidine rings is 1. The van der Waals surface area contributed by atoms with Gasteiger partial charge in [-0.15, -0.1) is 0 Å². The van der Waals surface area contributed by atoms with Gasteiger partial charge in [0.15, 0.2) is 0 Å². The SMILES string of the molecule is NCC1(C(=O)N2CCCC3C(=O)NCC32)CC1. The van der Waals surface area contributed by atoms with Crippen molar-refractivity contribution in [3.05, 3.63) is 0 Å². The van der Waals surface area contributed by atoms with Crippen molar-refractivity contribution in [3.8, 4) is 0 Å². The predicted octanol–water partition coefficient (Wildman–Crippen LogP) is -0.538. The van der Waals surface area contributed by atoms with Gasteiger partial charge in [0, 0.05) is 19.6 Å². The number of nitrogens with two attached hydrogens (primary N) is 1. The highest BCUT2D eigenvalue weighted by Crippen LogP contribution is 2.47. The summed E-state index contributed by atoms with van der Waals surface area (Å²) in [4.78, 5) is 26.0. The standard InChI is InChI=1S/C12H19N3O2/c13-7-12(3-4-12)11(17)15-5-1-2-8-9(15)6-14-10(8)16/h8-9H,1-7,13H2,(H,14,16). The number of fused-ring (bicyclic) bond motifs is 1. The van der Waals surface area contributed by atoms with Crippen molar-refractivity contribution in [2.75, 3.05) is 19.6 Å². The van der Waals surface area contributed by atoms with E-state index < -0.39 is 0 Å². The molecule has 3 aliphatic rings. The minimum Gasteiger partial charge on any atom is -0.354 e. The molecule has 2 unspecified atom stereocenters. The third-order valence-electron chi connectivity index (χ3n) is 4.56. The van der Waals surface area contributed by atoms with E-state index in [0.717, 1.165) is 32.2 Å². The molecule has 0 aromatic heterocycles. The Bertz CT molecular complexity index is 365. The summed E-state index contributed by atoms with van der Waals surface area (Å²) in [5.74, 6) is 0.317. The zero-order chi connectivity index (χ0) is 12.0. The Balaban J connectivity index is 1.79. The van der Waals surface area contributed by atoms with Crippen molar-refractivity contribution in [2.45, 2.75) is 31.7 Å². The monoisotopic (exact) mass is 237 g/mol. The summed E-state index contributed by atoms with van der Waals surface area (Å²) in [5, 5.41) is 2.87. The van der Waals surface area contributed by atoms with Crippen LogP contribution in [0.2, 0.25) is 0 Å². The molecule has 0 aromatic rings. The lowest BCUT2D eigenvalue weighted by molar-refractivity contribution is -0.141. The number of rotatable bonds is 2. The van der Waals surface area contributed by atoms with Crippen molar-refractivity contribution in [3.63, 3.8) is 0 Å². The zero-order valence-electron chi connectivity index (χ0n) is 9.95. The maximum absolute atomic E-state index is 12.5. The lowest BCUT2D eigenvalue weighted by Crippen LogP contribution is -2.52. The van der Waals surface area contributed by atoms with Crippen LogP contribution in [-0.4, -0.2) is 42.4 Å². The molecular formula is C12H19N3O2. The van der Waals surface area contributed by atoms with Crippen LogP contribution in [0.4, 0.5) is 0 Å². The average molecular weight is 237 g/mol. The third-order valence-corrected chi connectivity index (χ3v) is 4.56. The molecular weight excluding hydrogens is 218 g/mol. The van der Waals surface area contributed by atoms with E-state index in [1.807, 2.05) is 4.90 Å². The summed E-state index contributed by atoms with van der Waals surface area (Å²) in [6.45, 7) is 1.85. The van der Waals surface area contributed by atoms with Crippen LogP contribution >= 0.6 is 0 Å². The first-order valence-corrected chi connectivity index (χ1v) is 6.47. The lowest BCUT2D eigenvalue weighted by Gasteiger charge is -2.38. The van der Waals surface area contributed by atoms with Crippen LogP contribution in [0.1, 0.15) is 25.7 Å². The molecule has 1 saturated carbocycles. The lowest BCUT2D eigenvalue weighted by atomic mass is 9.90. The molecule has 17 heavy (non-hydrogen) atoms. The van der Waals surface area contributed by atoms with Crippen molar-refractivity contribution in [1.29, 1.82) is 0 Å². The summed E-state index contributed by atoms with van der Waals surface area (Å²) in [7, 11) is 0. The second kappa shape index (κ2) is 3.70. The number of carbonyl (C=O) groups excluding carboxylic acids is 2. The first-order chi connectivity index (χ1) is 8.18. The van der Waals surface area contributed by atoms with Gasteiger partial charge in [-0.1, -0.05) is 0 Å². The fraction of sp³-hybridized carbons (Fsp3) is 0.833. The quantitative estimate of drug-likeness (QED) is 0.677. The summed E-state index contributed by atoms with van der Waals surface area (Å²) in [5.41, 5.74) is 5.43. The van der Waals surface area contributed by atoms with Gasteiger partial charge in [0.25, 0.3) is 0 Å². The van der Waals surface area contributed by atoms with Crippen LogP contribution < -0.4 is 11.1 Å². The fourth-order valence-electron chi connectivity index (χ4n) is 3.16. The van der Waals surface area contributed by atoms with Crippen LogP contribution in [-0.2, 0) is 9.59 Å². The Kier molecular flexibility index (Phi) is 2.40. The molecule has 0 radical (unpaired) electrons. The first kappa shape index (κ1) is 11.0. The molecule has 2 atom stereocenters. The van der Waals surface area contributed by atoms with Gasteiger partial charge in [-0.3, -0.25) is 9.59 Å². The normalized spacial score (nSPS) is 34.2. The summed E-state index contributed by atoms with van der Waals surface area (Å²) < 4.78 is 0. The predicted molar refractivity (Wildman–Crippen MR) is 62.0 cm³/mol. The molecule has 3 fully saturated rings. The molecule has 1 aliphatic carbocycles. The summed E-state index contributed by atoms with van der Waals surface area (Å²) >= 11 is 0. The summed E-state index contributed by atoms with van der Waals surface area (Å²) in [6.07, 6.45) is 3.67. The molecule has 3 rings (SSSR count). The van der Waals surface area contributed by atoms with E-state index in [1.54, 1.807) is 0 Å². The smallest absolute Gasteiger partial charge is 0.230 e. The van der Waals surface area contributed by atoms with Gasteiger partial charge in [0.2, 0.25) is 11.8 Å². The Labute approximate surface area is 101 Å².